The van der Waals surface area contributed by atoms with Crippen molar-refractivity contribution >= 4 is 21.6 Å². The van der Waals surface area contributed by atoms with E-state index in [1.807, 2.05) is 25.1 Å². The van der Waals surface area contributed by atoms with E-state index in [2.05, 4.69) is 31.5 Å². The Labute approximate surface area is 128 Å². The van der Waals surface area contributed by atoms with Crippen LogP contribution in [0.4, 0.5) is 10.1 Å². The molecule has 0 fully saturated rings. The molecule has 0 aliphatic heterocycles. The van der Waals surface area contributed by atoms with E-state index in [1.54, 1.807) is 0 Å². The van der Waals surface area contributed by atoms with Gasteiger partial charge < -0.3 is 5.73 Å². The molecule has 0 aliphatic rings. The van der Waals surface area contributed by atoms with Gasteiger partial charge in [-0.25, -0.2) is 4.39 Å². The Morgan fingerprint density at radius 3 is 2.76 bits per heavy atom. The van der Waals surface area contributed by atoms with Crippen LogP contribution in [-0.2, 0) is 0 Å². The summed E-state index contributed by atoms with van der Waals surface area (Å²) in [6, 6.07) is 9.97. The van der Waals surface area contributed by atoms with Crippen molar-refractivity contribution in [3.05, 3.63) is 52.3 Å². The van der Waals surface area contributed by atoms with Gasteiger partial charge in [0.1, 0.15) is 5.82 Å². The van der Waals surface area contributed by atoms with Crippen LogP contribution in [0.2, 0.25) is 0 Å². The summed E-state index contributed by atoms with van der Waals surface area (Å²) >= 11 is 3.44. The average molecular weight is 348 g/mol. The zero-order chi connectivity index (χ0) is 15.0. The molecular formula is C14H11BrFN5. The Balaban J connectivity index is 2.17. The van der Waals surface area contributed by atoms with Gasteiger partial charge in [0.15, 0.2) is 5.82 Å². The first-order valence-electron chi connectivity index (χ1n) is 6.16. The highest BCUT2D eigenvalue weighted by Crippen LogP contribution is 2.26. The van der Waals surface area contributed by atoms with E-state index >= 15 is 0 Å². The lowest BCUT2D eigenvalue weighted by Gasteiger charge is -2.08. The number of aryl methyl sites for hydroxylation is 1. The molecule has 2 N–H and O–H groups in total. The number of aromatic nitrogens is 4. The fourth-order valence-electron chi connectivity index (χ4n) is 2.00. The summed E-state index contributed by atoms with van der Waals surface area (Å²) in [5, 5.41) is 11.5. The maximum absolute atomic E-state index is 14.0. The molecule has 106 valence electrons. The van der Waals surface area contributed by atoms with Crippen molar-refractivity contribution in [3.63, 3.8) is 0 Å². The highest BCUT2D eigenvalue weighted by molar-refractivity contribution is 9.10. The molecule has 3 aromatic rings. The Morgan fingerprint density at radius 1 is 1.19 bits per heavy atom. The average Bonchev–Trinajstić information content (AvgIpc) is 2.93. The lowest BCUT2D eigenvalue weighted by molar-refractivity contribution is 0.629. The number of nitrogens with two attached hydrogens (primary N) is 1. The summed E-state index contributed by atoms with van der Waals surface area (Å²) < 4.78 is 16.5. The molecule has 0 saturated heterocycles. The summed E-state index contributed by atoms with van der Waals surface area (Å²) in [4.78, 5) is 0. The van der Waals surface area contributed by atoms with Crippen LogP contribution in [0.3, 0.4) is 0 Å². The van der Waals surface area contributed by atoms with Crippen LogP contribution in [0, 0.1) is 12.7 Å². The smallest absolute Gasteiger partial charge is 0.190 e. The van der Waals surface area contributed by atoms with Gasteiger partial charge in [-0.15, -0.1) is 5.10 Å². The summed E-state index contributed by atoms with van der Waals surface area (Å²) in [6.07, 6.45) is 0. The molecule has 0 saturated carbocycles. The van der Waals surface area contributed by atoms with E-state index in [1.165, 1.54) is 22.9 Å². The molecule has 0 atom stereocenters. The first kappa shape index (κ1) is 13.7. The topological polar surface area (TPSA) is 69.6 Å². The number of halogens is 2. The molecule has 2 aromatic carbocycles. The molecule has 3 rings (SSSR count). The largest absolute Gasteiger partial charge is 0.399 e. The maximum atomic E-state index is 14.0. The van der Waals surface area contributed by atoms with Crippen molar-refractivity contribution in [1.82, 2.24) is 20.2 Å². The Morgan fingerprint density at radius 2 is 2.00 bits per heavy atom. The minimum absolute atomic E-state index is 0.264. The third-order valence-corrected chi connectivity index (χ3v) is 3.98. The molecule has 0 aliphatic carbocycles. The van der Waals surface area contributed by atoms with Crippen LogP contribution in [0.25, 0.3) is 17.1 Å². The van der Waals surface area contributed by atoms with Gasteiger partial charge in [-0.05, 0) is 59.3 Å². The second kappa shape index (κ2) is 5.25. The van der Waals surface area contributed by atoms with Crippen molar-refractivity contribution in [2.45, 2.75) is 6.92 Å². The van der Waals surface area contributed by atoms with Crippen LogP contribution in [0.5, 0.6) is 0 Å². The summed E-state index contributed by atoms with van der Waals surface area (Å²) in [5.41, 5.74) is 8.21. The number of rotatable bonds is 2. The number of anilines is 1. The van der Waals surface area contributed by atoms with Gasteiger partial charge >= 0.3 is 0 Å². The first-order valence-corrected chi connectivity index (χ1v) is 6.96. The number of hydrogen-bond acceptors (Lipinski definition) is 4. The quantitative estimate of drug-likeness (QED) is 0.723. The monoisotopic (exact) mass is 347 g/mol. The number of nitrogen functional groups attached to an aromatic ring is 1. The molecule has 1 heterocycles. The van der Waals surface area contributed by atoms with E-state index in [-0.39, 0.29) is 5.56 Å². The summed E-state index contributed by atoms with van der Waals surface area (Å²) in [5.74, 6) is -0.115. The normalized spacial score (nSPS) is 10.8. The molecule has 7 heteroatoms. The fourth-order valence-corrected chi connectivity index (χ4v) is 2.25. The van der Waals surface area contributed by atoms with Gasteiger partial charge in [0, 0.05) is 10.2 Å². The second-order valence-corrected chi connectivity index (χ2v) is 5.44. The van der Waals surface area contributed by atoms with Gasteiger partial charge in [0.2, 0.25) is 0 Å². The molecule has 0 amide bonds. The fraction of sp³-hybridized carbons (Fsp3) is 0.0714. The maximum Gasteiger partial charge on any atom is 0.190 e. The predicted molar refractivity (Wildman–Crippen MR) is 81.4 cm³/mol. The van der Waals surface area contributed by atoms with Crippen LogP contribution in [-0.4, -0.2) is 20.2 Å². The van der Waals surface area contributed by atoms with Gasteiger partial charge in [0.05, 0.1) is 11.3 Å². The predicted octanol–water partition coefficient (Wildman–Crippen LogP) is 3.12. The number of benzene rings is 2. The van der Waals surface area contributed by atoms with Crippen molar-refractivity contribution < 1.29 is 4.39 Å². The second-order valence-electron chi connectivity index (χ2n) is 4.59. The highest BCUT2D eigenvalue weighted by Gasteiger charge is 2.15. The highest BCUT2D eigenvalue weighted by atomic mass is 79.9. The molecule has 0 radical (unpaired) electrons. The van der Waals surface area contributed by atoms with Crippen LogP contribution < -0.4 is 5.73 Å². The van der Waals surface area contributed by atoms with E-state index in [4.69, 9.17) is 5.73 Å². The zero-order valence-electron chi connectivity index (χ0n) is 11.1. The minimum atomic E-state index is -0.422. The van der Waals surface area contributed by atoms with E-state index in [0.717, 1.165) is 15.7 Å². The van der Waals surface area contributed by atoms with E-state index < -0.39 is 5.82 Å². The minimum Gasteiger partial charge on any atom is -0.399 e. The molecule has 1 aromatic heterocycles. The Hall–Kier alpha value is -2.28. The zero-order valence-corrected chi connectivity index (χ0v) is 12.7. The van der Waals surface area contributed by atoms with Crippen LogP contribution in [0.15, 0.2) is 40.9 Å². The van der Waals surface area contributed by atoms with Crippen molar-refractivity contribution in [2.75, 3.05) is 5.73 Å². The lowest BCUT2D eigenvalue weighted by Crippen LogP contribution is -2.02. The number of nitrogens with zero attached hydrogens (tertiary/aromatic N) is 4. The number of tetrazole rings is 1. The molecular weight excluding hydrogens is 337 g/mol. The molecule has 21 heavy (non-hydrogen) atoms. The molecule has 0 bridgehead atoms. The summed E-state index contributed by atoms with van der Waals surface area (Å²) in [6.45, 7) is 1.96. The first-order chi connectivity index (χ1) is 10.1. The SMILES string of the molecule is Cc1cc(-n2nnnc2-c2cc(N)ccc2F)ccc1Br. The Kier molecular flexibility index (Phi) is 3.42. The third-order valence-electron chi connectivity index (χ3n) is 3.09. The molecule has 0 unspecified atom stereocenters. The molecule has 5 nitrogen and oxygen atoms in total. The van der Waals surface area contributed by atoms with Crippen molar-refractivity contribution in [3.8, 4) is 17.1 Å². The standard InChI is InChI=1S/C14H11BrFN5/c1-8-6-10(3-4-12(8)15)21-14(18-19-20-21)11-7-9(17)2-5-13(11)16/h2-7H,17H2,1H3. The van der Waals surface area contributed by atoms with Gasteiger partial charge in [0.25, 0.3) is 0 Å². The van der Waals surface area contributed by atoms with Gasteiger partial charge in [-0.3, -0.25) is 0 Å². The van der Waals surface area contributed by atoms with E-state index in [9.17, 15) is 4.39 Å². The van der Waals surface area contributed by atoms with Gasteiger partial charge in [-0.1, -0.05) is 15.9 Å². The molecule has 0 spiro atoms. The lowest BCUT2D eigenvalue weighted by atomic mass is 10.1. The number of hydrogen-bond donors (Lipinski definition) is 1. The van der Waals surface area contributed by atoms with Crippen molar-refractivity contribution in [2.24, 2.45) is 0 Å². The van der Waals surface area contributed by atoms with Crippen LogP contribution >= 0.6 is 15.9 Å². The van der Waals surface area contributed by atoms with E-state index in [0.29, 0.717) is 11.5 Å². The van der Waals surface area contributed by atoms with Gasteiger partial charge in [-0.2, -0.15) is 4.68 Å². The van der Waals surface area contributed by atoms with Crippen LogP contribution in [0.1, 0.15) is 5.56 Å². The Bertz CT molecular complexity index is 815. The third kappa shape index (κ3) is 2.52. The van der Waals surface area contributed by atoms with Crippen molar-refractivity contribution in [1.29, 1.82) is 0 Å². The summed E-state index contributed by atoms with van der Waals surface area (Å²) in [7, 11) is 0.